The smallest absolute Gasteiger partial charge is 0.437 e. The standard InChI is InChI=1S/C2H4O3S/c1-4-2(3)5-6/h6H,1H3. The molecule has 0 amide bonds. The molecule has 0 heterocycles. The van der Waals surface area contributed by atoms with Gasteiger partial charge in [-0.1, -0.05) is 0 Å². The van der Waals surface area contributed by atoms with Gasteiger partial charge in [0.15, 0.2) is 0 Å². The predicted octanol–water partition coefficient (Wildman–Crippen LogP) is 0.614. The molecule has 0 rings (SSSR count). The van der Waals surface area contributed by atoms with E-state index in [2.05, 4.69) is 21.8 Å². The molecule has 6 heavy (non-hydrogen) atoms. The van der Waals surface area contributed by atoms with Crippen LogP contribution in [0.1, 0.15) is 0 Å². The van der Waals surface area contributed by atoms with Crippen LogP contribution < -0.4 is 0 Å². The SMILES string of the molecule is COC(=O)OS. The molecule has 0 aromatic rings. The molecule has 0 aliphatic rings. The average molecular weight is 108 g/mol. The van der Waals surface area contributed by atoms with Crippen LogP contribution in [0, 0.1) is 0 Å². The summed E-state index contributed by atoms with van der Waals surface area (Å²) in [6.45, 7) is 0. The van der Waals surface area contributed by atoms with Gasteiger partial charge in [0.05, 0.1) is 7.11 Å². The van der Waals surface area contributed by atoms with Crippen LogP contribution in [0.3, 0.4) is 0 Å². The molecule has 0 aromatic heterocycles. The third kappa shape index (κ3) is 1.90. The average Bonchev–Trinajstić information content (AvgIpc) is 1.65. The Hall–Kier alpha value is -0.380. The highest BCUT2D eigenvalue weighted by molar-refractivity contribution is 7.75. The third-order valence-corrected chi connectivity index (χ3v) is 0.390. The molecule has 0 bridgehead atoms. The molecule has 0 fully saturated rings. The number of rotatable bonds is 0. The topological polar surface area (TPSA) is 35.5 Å². The van der Waals surface area contributed by atoms with Crippen molar-refractivity contribution in [3.05, 3.63) is 0 Å². The summed E-state index contributed by atoms with van der Waals surface area (Å²) >= 11 is 3.12. The predicted molar refractivity (Wildman–Crippen MR) is 22.5 cm³/mol. The lowest BCUT2D eigenvalue weighted by Crippen LogP contribution is -1.93. The van der Waals surface area contributed by atoms with E-state index in [0.717, 1.165) is 0 Å². The maximum Gasteiger partial charge on any atom is 0.520 e. The summed E-state index contributed by atoms with van der Waals surface area (Å²) in [5, 5.41) is 0. The summed E-state index contributed by atoms with van der Waals surface area (Å²) in [4.78, 5) is 9.66. The van der Waals surface area contributed by atoms with Crippen molar-refractivity contribution in [2.45, 2.75) is 0 Å². The van der Waals surface area contributed by atoms with Crippen molar-refractivity contribution >= 4 is 19.1 Å². The molecule has 0 aliphatic heterocycles. The Morgan fingerprint density at radius 3 is 2.33 bits per heavy atom. The molecular weight excluding hydrogens is 104 g/mol. The van der Waals surface area contributed by atoms with Crippen LogP contribution >= 0.6 is 12.9 Å². The summed E-state index contributed by atoms with van der Waals surface area (Å²) in [6, 6.07) is 0. The van der Waals surface area contributed by atoms with Gasteiger partial charge in [0.1, 0.15) is 0 Å². The van der Waals surface area contributed by atoms with Crippen molar-refractivity contribution in [3.63, 3.8) is 0 Å². The Bertz CT molecular complexity index is 46.8. The number of hydrogen-bond acceptors (Lipinski definition) is 4. The van der Waals surface area contributed by atoms with Crippen LogP contribution in [-0.2, 0) is 8.92 Å². The fourth-order valence-corrected chi connectivity index (χ4v) is 0.112. The van der Waals surface area contributed by atoms with Gasteiger partial charge in [-0.25, -0.2) is 4.79 Å². The van der Waals surface area contributed by atoms with Crippen LogP contribution in [0.25, 0.3) is 0 Å². The maximum absolute atomic E-state index is 9.66. The summed E-state index contributed by atoms with van der Waals surface area (Å²) in [5.41, 5.74) is 0. The Morgan fingerprint density at radius 1 is 1.83 bits per heavy atom. The van der Waals surface area contributed by atoms with Crippen molar-refractivity contribution in [1.82, 2.24) is 0 Å². The summed E-state index contributed by atoms with van der Waals surface area (Å²) in [5.74, 6) is 0. The number of carbonyl (C=O) groups excluding carboxylic acids is 1. The highest BCUT2D eigenvalue weighted by atomic mass is 32.1. The molecular formula is C2H4O3S. The van der Waals surface area contributed by atoms with E-state index in [0.29, 0.717) is 0 Å². The first-order valence-electron chi connectivity index (χ1n) is 1.20. The molecule has 0 unspecified atom stereocenters. The largest absolute Gasteiger partial charge is 0.520 e. The van der Waals surface area contributed by atoms with Gasteiger partial charge in [-0.3, -0.25) is 0 Å². The minimum atomic E-state index is -0.793. The Morgan fingerprint density at radius 2 is 2.33 bits per heavy atom. The second-order valence-electron chi connectivity index (χ2n) is 0.545. The van der Waals surface area contributed by atoms with E-state index in [1.54, 1.807) is 0 Å². The number of thiol groups is 1. The van der Waals surface area contributed by atoms with Gasteiger partial charge in [0.25, 0.3) is 0 Å². The van der Waals surface area contributed by atoms with E-state index in [1.165, 1.54) is 7.11 Å². The van der Waals surface area contributed by atoms with Gasteiger partial charge >= 0.3 is 6.16 Å². The van der Waals surface area contributed by atoms with Crippen LogP contribution in [0.2, 0.25) is 0 Å². The van der Waals surface area contributed by atoms with E-state index in [-0.39, 0.29) is 0 Å². The molecule has 0 atom stereocenters. The van der Waals surface area contributed by atoms with Crippen LogP contribution in [0.5, 0.6) is 0 Å². The van der Waals surface area contributed by atoms with Crippen LogP contribution in [0.4, 0.5) is 4.79 Å². The zero-order valence-corrected chi connectivity index (χ0v) is 4.07. The van der Waals surface area contributed by atoms with Gasteiger partial charge in [0.2, 0.25) is 0 Å². The molecule has 36 valence electrons. The lowest BCUT2D eigenvalue weighted by Gasteiger charge is -1.87. The van der Waals surface area contributed by atoms with Crippen molar-refractivity contribution in [1.29, 1.82) is 0 Å². The second kappa shape index (κ2) is 2.84. The van der Waals surface area contributed by atoms with Crippen LogP contribution in [-0.4, -0.2) is 13.3 Å². The van der Waals surface area contributed by atoms with Gasteiger partial charge in [0, 0.05) is 12.9 Å². The molecule has 0 saturated heterocycles. The summed E-state index contributed by atoms with van der Waals surface area (Å²) < 4.78 is 7.69. The second-order valence-corrected chi connectivity index (χ2v) is 0.728. The third-order valence-electron chi connectivity index (χ3n) is 0.241. The Kier molecular flexibility index (Phi) is 2.66. The fourth-order valence-electron chi connectivity index (χ4n) is 0.0373. The number of ether oxygens (including phenoxy) is 1. The van der Waals surface area contributed by atoms with Crippen LogP contribution in [0.15, 0.2) is 0 Å². The van der Waals surface area contributed by atoms with E-state index < -0.39 is 6.16 Å². The molecule has 3 nitrogen and oxygen atoms in total. The Balaban J connectivity index is 2.99. The Labute approximate surface area is 40.9 Å². The molecule has 0 aromatic carbocycles. The van der Waals surface area contributed by atoms with Gasteiger partial charge < -0.3 is 8.92 Å². The van der Waals surface area contributed by atoms with E-state index in [9.17, 15) is 4.79 Å². The molecule has 0 aliphatic carbocycles. The van der Waals surface area contributed by atoms with E-state index in [1.807, 2.05) is 0 Å². The van der Waals surface area contributed by atoms with Gasteiger partial charge in [-0.05, 0) is 0 Å². The zero-order valence-electron chi connectivity index (χ0n) is 3.17. The fraction of sp³-hybridized carbons (Fsp3) is 0.500. The highest BCUT2D eigenvalue weighted by Crippen LogP contribution is 1.81. The lowest BCUT2D eigenvalue weighted by atomic mass is 11.4. The maximum atomic E-state index is 9.66. The van der Waals surface area contributed by atoms with Crippen molar-refractivity contribution < 1.29 is 13.7 Å². The van der Waals surface area contributed by atoms with Gasteiger partial charge in [-0.15, -0.1) is 0 Å². The lowest BCUT2D eigenvalue weighted by molar-refractivity contribution is 0.130. The molecule has 4 heteroatoms. The molecule has 0 N–H and O–H groups in total. The summed E-state index contributed by atoms with van der Waals surface area (Å²) in [7, 11) is 1.21. The minimum absolute atomic E-state index is 0.793. The quantitative estimate of drug-likeness (QED) is 0.280. The van der Waals surface area contributed by atoms with E-state index >= 15 is 0 Å². The monoisotopic (exact) mass is 108 g/mol. The summed E-state index contributed by atoms with van der Waals surface area (Å²) in [6.07, 6.45) is -0.793. The number of hydrogen-bond donors (Lipinski definition) is 1. The number of carbonyl (C=O) groups is 1. The normalized spacial score (nSPS) is 7.00. The minimum Gasteiger partial charge on any atom is -0.437 e. The highest BCUT2D eigenvalue weighted by Gasteiger charge is 1.90. The first kappa shape index (κ1) is 5.62. The molecule has 0 spiro atoms. The zero-order chi connectivity index (χ0) is 4.99. The molecule has 0 saturated carbocycles. The van der Waals surface area contributed by atoms with Gasteiger partial charge in [-0.2, -0.15) is 0 Å². The van der Waals surface area contributed by atoms with Crippen molar-refractivity contribution in [3.8, 4) is 0 Å². The van der Waals surface area contributed by atoms with Crippen molar-refractivity contribution in [2.24, 2.45) is 0 Å². The van der Waals surface area contributed by atoms with Crippen molar-refractivity contribution in [2.75, 3.05) is 7.11 Å². The first-order valence-corrected chi connectivity index (χ1v) is 1.57. The first-order chi connectivity index (χ1) is 2.81. The molecule has 0 radical (unpaired) electrons. The van der Waals surface area contributed by atoms with E-state index in [4.69, 9.17) is 0 Å². The number of methoxy groups -OCH3 is 1.